The molecule has 0 N–H and O–H groups in total. The lowest BCUT2D eigenvalue weighted by atomic mass is 9.77. The lowest BCUT2D eigenvalue weighted by Crippen LogP contribution is -2.21. The molecule has 0 spiro atoms. The minimum Gasteiger partial charge on any atom is -0.454 e. The van der Waals surface area contributed by atoms with E-state index in [1.807, 2.05) is 0 Å². The topological polar surface area (TPSA) is 32.8 Å². The summed E-state index contributed by atoms with van der Waals surface area (Å²) in [6, 6.07) is 130. The highest BCUT2D eigenvalue weighted by molar-refractivity contribution is 6.32. The molecule has 0 amide bonds. The number of para-hydroxylation sites is 6. The monoisotopic (exact) mass is 1470 g/mol. The summed E-state index contributed by atoms with van der Waals surface area (Å²) in [5, 5.41) is 24.1. The summed E-state index contributed by atoms with van der Waals surface area (Å²) in [5.41, 5.74) is 25.6. The highest BCUT2D eigenvalue weighted by Gasteiger charge is 2.37. The van der Waals surface area contributed by atoms with Gasteiger partial charge in [0, 0.05) is 60.2 Å². The van der Waals surface area contributed by atoms with Crippen molar-refractivity contribution >= 4 is 164 Å². The molecule has 0 atom stereocenters. The molecule has 23 rings (SSSR count). The van der Waals surface area contributed by atoms with Crippen molar-refractivity contribution in [1.82, 2.24) is 0 Å². The van der Waals surface area contributed by atoms with Crippen molar-refractivity contribution < 1.29 is 8.83 Å². The van der Waals surface area contributed by atoms with Gasteiger partial charge in [-0.3, -0.25) is 0 Å². The van der Waals surface area contributed by atoms with Gasteiger partial charge in [-0.25, -0.2) is 0 Å². The second-order valence-corrected chi connectivity index (χ2v) is 34.3. The second kappa shape index (κ2) is 24.8. The number of hydrogen-bond donors (Lipinski definition) is 0. The largest absolute Gasteiger partial charge is 0.454 e. The smallest absolute Gasteiger partial charge is 0.159 e. The number of hydrogen-bond acceptors (Lipinski definition) is 4. The van der Waals surface area contributed by atoms with Crippen LogP contribution in [0.25, 0.3) is 175 Å². The Bertz CT molecular complexity index is 7800. The van der Waals surface area contributed by atoms with E-state index in [-0.39, 0.29) is 16.2 Å². The SMILES string of the molecule is CC(C)(C)c1cccc2c1oc1c(N(c3ccccc3)c3ccc4ccc5c(N(c6ccccc6)c6cccc7c6oc6c(C(C)(C)Cc8cccc9cc(-c%10cc(-c%11ccc%12c(c%11)C(C)(C)c%11ccccc%11-%12)c%11ccc%12c(-c%13ccc%14ccccc%14c%13)ccc%13ccc%10c%11c%13%12)ccc89)cccc67)ccc6ccc3c4c65)cccc12. The molecule has 1 aliphatic rings. The summed E-state index contributed by atoms with van der Waals surface area (Å²) in [6.45, 7) is 16.4. The molecule has 2 heterocycles. The molecule has 0 fully saturated rings. The average molecular weight is 1470 g/mol. The Hall–Kier alpha value is -13.8. The Morgan fingerprint density at radius 2 is 0.687 bits per heavy atom. The molecule has 0 aliphatic heterocycles. The molecule has 1 aliphatic carbocycles. The predicted molar refractivity (Wildman–Crippen MR) is 489 cm³/mol. The zero-order chi connectivity index (χ0) is 76.9. The van der Waals surface area contributed by atoms with Gasteiger partial charge in [0.2, 0.25) is 0 Å². The molecule has 0 saturated heterocycles. The Morgan fingerprint density at radius 1 is 0.261 bits per heavy atom. The van der Waals surface area contributed by atoms with E-state index < -0.39 is 0 Å². The first-order valence-electron chi connectivity index (χ1n) is 40.5. The van der Waals surface area contributed by atoms with E-state index in [0.717, 1.165) is 95.2 Å². The molecule has 0 unspecified atom stereocenters. The third-order valence-electron chi connectivity index (χ3n) is 25.8. The van der Waals surface area contributed by atoms with Gasteiger partial charge in [0.05, 0.1) is 22.7 Å². The van der Waals surface area contributed by atoms with Gasteiger partial charge >= 0.3 is 0 Å². The summed E-state index contributed by atoms with van der Waals surface area (Å²) >= 11 is 0. The molecular formula is C111H80N2O2. The van der Waals surface area contributed by atoms with Crippen LogP contribution in [-0.4, -0.2) is 0 Å². The van der Waals surface area contributed by atoms with Crippen LogP contribution in [0.4, 0.5) is 34.1 Å². The van der Waals surface area contributed by atoms with Gasteiger partial charge in [-0.05, 0) is 227 Å². The van der Waals surface area contributed by atoms with E-state index >= 15 is 0 Å². The standard InChI is InChI=1S/C111H80N2O2/c1-109(2,3)94-37-19-32-85-87-34-21-39-99(107(87)114-105(85)94)112(76-27-10-8-11-28-76)97-59-49-68-46-56-90-98(60-50-69-45-55-89(97)102(68)103(69)90)113(77-29-12-9-13-30-77)100-40-22-35-88-86-33-20-38-95(106(86)115-108(88)100)110(4,5)65-75-26-18-25-71-62-73(47-51-78(71)75)91-64-92(74-48-53-81-80-31-16-17-36-93(80)111(6,7)96(81)63-74)84-58-57-82-79(52-43-67-44-54-83(91)104(84)101(67)82)72-42-41-66-23-14-15-24-70(66)61-72/h8-64H,65H2,1-7H3. The number of furan rings is 2. The zero-order valence-electron chi connectivity index (χ0n) is 65.3. The third-order valence-corrected chi connectivity index (χ3v) is 25.8. The highest BCUT2D eigenvalue weighted by atomic mass is 16.3. The molecule has 4 nitrogen and oxygen atoms in total. The fourth-order valence-electron chi connectivity index (χ4n) is 20.3. The molecule has 20 aromatic carbocycles. The number of anilines is 6. The molecule has 0 radical (unpaired) electrons. The Kier molecular flexibility index (Phi) is 14.5. The van der Waals surface area contributed by atoms with Crippen LogP contribution in [-0.2, 0) is 22.7 Å². The number of rotatable bonds is 12. The van der Waals surface area contributed by atoms with Crippen LogP contribution in [0, 0.1) is 0 Å². The first kappa shape index (κ1) is 66.9. The first-order valence-corrected chi connectivity index (χ1v) is 40.5. The second-order valence-electron chi connectivity index (χ2n) is 34.3. The lowest BCUT2D eigenvalue weighted by Gasteiger charge is -2.29. The van der Waals surface area contributed by atoms with Crippen LogP contribution < -0.4 is 9.80 Å². The highest BCUT2D eigenvalue weighted by Crippen LogP contribution is 2.55. The Morgan fingerprint density at radius 3 is 1.32 bits per heavy atom. The van der Waals surface area contributed by atoms with Crippen molar-refractivity contribution in [2.45, 2.75) is 71.1 Å². The molecule has 0 saturated carbocycles. The average Bonchev–Trinajstić information content (AvgIpc) is 1.58. The maximum Gasteiger partial charge on any atom is 0.159 e. The van der Waals surface area contributed by atoms with Gasteiger partial charge in [-0.1, -0.05) is 321 Å². The van der Waals surface area contributed by atoms with Gasteiger partial charge in [0.1, 0.15) is 11.2 Å². The summed E-state index contributed by atoms with van der Waals surface area (Å²) in [6.07, 6.45) is 0.783. The Labute approximate surface area is 667 Å². The summed E-state index contributed by atoms with van der Waals surface area (Å²) in [4.78, 5) is 4.83. The number of benzene rings is 20. The zero-order valence-corrected chi connectivity index (χ0v) is 65.3. The van der Waals surface area contributed by atoms with Gasteiger partial charge < -0.3 is 18.6 Å². The molecule has 0 bridgehead atoms. The van der Waals surface area contributed by atoms with Crippen molar-refractivity contribution in [3.63, 3.8) is 0 Å². The fourth-order valence-corrected chi connectivity index (χ4v) is 20.3. The van der Waals surface area contributed by atoms with Crippen molar-refractivity contribution in [3.8, 4) is 44.5 Å². The van der Waals surface area contributed by atoms with E-state index in [2.05, 4.69) is 404 Å². The van der Waals surface area contributed by atoms with E-state index in [0.29, 0.717) is 0 Å². The van der Waals surface area contributed by atoms with Gasteiger partial charge in [0.15, 0.2) is 11.2 Å². The molecular weight excluding hydrogens is 1390 g/mol. The van der Waals surface area contributed by atoms with Crippen LogP contribution >= 0.6 is 0 Å². The van der Waals surface area contributed by atoms with Crippen LogP contribution in [0.5, 0.6) is 0 Å². The van der Waals surface area contributed by atoms with Crippen molar-refractivity contribution in [1.29, 1.82) is 0 Å². The van der Waals surface area contributed by atoms with Crippen LogP contribution in [0.3, 0.4) is 0 Å². The van der Waals surface area contributed by atoms with E-state index in [9.17, 15) is 0 Å². The summed E-state index contributed by atoms with van der Waals surface area (Å²) in [5.74, 6) is 0. The third kappa shape index (κ3) is 10.1. The van der Waals surface area contributed by atoms with Crippen LogP contribution in [0.1, 0.15) is 76.3 Å². The van der Waals surface area contributed by atoms with Crippen LogP contribution in [0.2, 0.25) is 0 Å². The summed E-state index contributed by atoms with van der Waals surface area (Å²) in [7, 11) is 0. The normalized spacial score (nSPS) is 13.1. The van der Waals surface area contributed by atoms with Crippen molar-refractivity contribution in [2.75, 3.05) is 9.80 Å². The van der Waals surface area contributed by atoms with E-state index in [4.69, 9.17) is 8.83 Å². The van der Waals surface area contributed by atoms with E-state index in [1.54, 1.807) is 0 Å². The minimum absolute atomic E-state index is 0.114. The number of fused-ring (bicyclic) bond motifs is 11. The van der Waals surface area contributed by atoms with Crippen molar-refractivity contribution in [3.05, 3.63) is 374 Å². The van der Waals surface area contributed by atoms with Gasteiger partial charge in [-0.15, -0.1) is 0 Å². The molecule has 2 aromatic heterocycles. The number of nitrogens with zero attached hydrogens (tertiary/aromatic N) is 2. The predicted octanol–water partition coefficient (Wildman–Crippen LogP) is 31.7. The van der Waals surface area contributed by atoms with Gasteiger partial charge in [-0.2, -0.15) is 0 Å². The van der Waals surface area contributed by atoms with Crippen LogP contribution in [0.15, 0.2) is 355 Å². The molecule has 4 heteroatoms. The lowest BCUT2D eigenvalue weighted by molar-refractivity contribution is 0.517. The maximum absolute atomic E-state index is 7.59. The van der Waals surface area contributed by atoms with Crippen molar-refractivity contribution in [2.24, 2.45) is 0 Å². The minimum atomic E-state index is -0.368. The summed E-state index contributed by atoms with van der Waals surface area (Å²) < 4.78 is 14.7. The maximum atomic E-state index is 7.59. The first-order chi connectivity index (χ1) is 56.2. The Balaban J connectivity index is 0.635. The quantitative estimate of drug-likeness (QED) is 0.114. The molecule has 22 aromatic rings. The molecule has 546 valence electrons. The fraction of sp³-hybridized carbons (Fsp3) is 0.0991. The van der Waals surface area contributed by atoms with E-state index in [1.165, 1.54) is 148 Å². The van der Waals surface area contributed by atoms with Gasteiger partial charge in [0.25, 0.3) is 0 Å². The molecule has 115 heavy (non-hydrogen) atoms.